The van der Waals surface area contributed by atoms with E-state index in [0.29, 0.717) is 5.82 Å². The Hall–Kier alpha value is -15.2. The number of hydrogen-bond acceptors (Lipinski definition) is 5. The number of pyridine rings is 3. The quantitative estimate of drug-likeness (QED) is 0.122. The Kier molecular flexibility index (Phi) is 16.0. The van der Waals surface area contributed by atoms with Crippen molar-refractivity contribution in [3.05, 3.63) is 407 Å². The zero-order chi connectivity index (χ0) is 74.0. The number of rotatable bonds is 12. The minimum absolute atomic E-state index is 0.673. The Labute approximate surface area is 645 Å². The van der Waals surface area contributed by atoms with Gasteiger partial charge in [-0.3, -0.25) is 9.13 Å². The maximum absolute atomic E-state index is 5.22. The molecule has 14 aromatic carbocycles. The van der Waals surface area contributed by atoms with Crippen molar-refractivity contribution in [1.82, 2.24) is 43.2 Å². The molecule has 0 N–H and O–H groups in total. The van der Waals surface area contributed by atoms with Gasteiger partial charge in [0, 0.05) is 117 Å². The average molecular weight is 1430 g/mol. The molecule has 8 aromatic heterocycles. The second-order valence-corrected chi connectivity index (χ2v) is 28.4. The summed E-state index contributed by atoms with van der Waals surface area (Å²) in [5.74, 6) is 0.673. The lowest BCUT2D eigenvalue weighted by Crippen LogP contribution is -1.99. The standard InChI is InChI=1S/C52H34N4.C51H33N5/c1-4-15-35(16-5-1)47-32-39(33-48(54-47)36-17-6-2-7-18-36)37-19-14-22-42(29-37)56-50-26-13-11-24-44(50)46-31-40(34-53-52(46)56)38-27-28-51-45(30-38)43-23-10-12-25-49(43)55(51)41-20-8-3-9-21-41;1-4-15-34(16-5-1)45-32-46(35-17-6-2-7-18-35)54-50(53-45)37-19-14-22-40(29-37)56-48-26-13-11-24-42(48)44-31-38(33-52-51(44)56)36-27-28-49-43(30-36)41-23-10-12-25-47(41)55(49)39-20-8-3-9-21-39/h1-34H;1-33H. The highest BCUT2D eigenvalue weighted by molar-refractivity contribution is 6.14. The summed E-state index contributed by atoms with van der Waals surface area (Å²) in [5.41, 5.74) is 28.7. The van der Waals surface area contributed by atoms with Crippen molar-refractivity contribution in [3.8, 4) is 113 Å². The number of aromatic nitrogens is 9. The van der Waals surface area contributed by atoms with Gasteiger partial charge in [0.1, 0.15) is 11.3 Å². The minimum Gasteiger partial charge on any atom is -0.309 e. The first kappa shape index (κ1) is 65.1. The van der Waals surface area contributed by atoms with Gasteiger partial charge in [-0.25, -0.2) is 24.9 Å². The molecule has 0 aliphatic carbocycles. The van der Waals surface area contributed by atoms with Gasteiger partial charge >= 0.3 is 0 Å². The predicted molar refractivity (Wildman–Crippen MR) is 463 cm³/mol. The fraction of sp³-hybridized carbons (Fsp3) is 0. The second-order valence-electron chi connectivity index (χ2n) is 28.4. The first-order valence-electron chi connectivity index (χ1n) is 37.8. The van der Waals surface area contributed by atoms with Gasteiger partial charge in [-0.1, -0.05) is 267 Å². The molecule has 9 heteroatoms. The largest absolute Gasteiger partial charge is 0.309 e. The molecule has 0 fully saturated rings. The lowest BCUT2D eigenvalue weighted by molar-refractivity contribution is 1.13. The van der Waals surface area contributed by atoms with Crippen LogP contribution in [0.25, 0.3) is 200 Å². The molecule has 0 saturated carbocycles. The number of fused-ring (bicyclic) bond motifs is 12. The topological polar surface area (TPSA) is 84.2 Å². The molecule has 22 aromatic rings. The van der Waals surface area contributed by atoms with Gasteiger partial charge in [-0.05, 0) is 150 Å². The van der Waals surface area contributed by atoms with Crippen molar-refractivity contribution in [3.63, 3.8) is 0 Å². The summed E-state index contributed by atoms with van der Waals surface area (Å²) in [6.45, 7) is 0. The highest BCUT2D eigenvalue weighted by Gasteiger charge is 2.22. The lowest BCUT2D eigenvalue weighted by Gasteiger charge is -2.13. The van der Waals surface area contributed by atoms with Crippen LogP contribution in [0.4, 0.5) is 0 Å². The van der Waals surface area contributed by atoms with Crippen molar-refractivity contribution in [2.75, 3.05) is 0 Å². The molecule has 524 valence electrons. The van der Waals surface area contributed by atoms with E-state index < -0.39 is 0 Å². The number of para-hydroxylation sites is 6. The maximum Gasteiger partial charge on any atom is 0.160 e. The van der Waals surface area contributed by atoms with Crippen molar-refractivity contribution in [1.29, 1.82) is 0 Å². The van der Waals surface area contributed by atoms with E-state index in [2.05, 4.69) is 364 Å². The molecule has 0 aliphatic rings. The Morgan fingerprint density at radius 1 is 0.161 bits per heavy atom. The molecular weight excluding hydrogens is 1360 g/mol. The molecular formula is C103H67N9. The van der Waals surface area contributed by atoms with Gasteiger partial charge in [-0.2, -0.15) is 0 Å². The van der Waals surface area contributed by atoms with Crippen LogP contribution < -0.4 is 0 Å². The third-order valence-corrected chi connectivity index (χ3v) is 21.7. The first-order valence-corrected chi connectivity index (χ1v) is 37.8. The number of hydrogen-bond donors (Lipinski definition) is 0. The van der Waals surface area contributed by atoms with E-state index in [4.69, 9.17) is 24.9 Å². The summed E-state index contributed by atoms with van der Waals surface area (Å²) in [5, 5.41) is 9.45. The molecule has 22 rings (SSSR count). The van der Waals surface area contributed by atoms with Crippen LogP contribution in [0, 0.1) is 0 Å². The number of nitrogens with zero attached hydrogens (tertiary/aromatic N) is 9. The van der Waals surface area contributed by atoms with Crippen molar-refractivity contribution < 1.29 is 0 Å². The van der Waals surface area contributed by atoms with E-state index in [1.54, 1.807) is 0 Å². The highest BCUT2D eigenvalue weighted by Crippen LogP contribution is 2.42. The fourth-order valence-electron chi connectivity index (χ4n) is 16.5. The summed E-state index contributed by atoms with van der Waals surface area (Å²) in [7, 11) is 0. The van der Waals surface area contributed by atoms with Crippen LogP contribution in [0.1, 0.15) is 0 Å². The van der Waals surface area contributed by atoms with Crippen LogP contribution in [0.2, 0.25) is 0 Å². The van der Waals surface area contributed by atoms with Gasteiger partial charge in [0.05, 0.1) is 55.9 Å². The molecule has 9 nitrogen and oxygen atoms in total. The van der Waals surface area contributed by atoms with Gasteiger partial charge < -0.3 is 9.13 Å². The van der Waals surface area contributed by atoms with Crippen molar-refractivity contribution >= 4 is 87.5 Å². The third-order valence-electron chi connectivity index (χ3n) is 21.7. The summed E-state index contributed by atoms with van der Waals surface area (Å²) in [6, 6.07) is 139. The summed E-state index contributed by atoms with van der Waals surface area (Å²) in [4.78, 5) is 25.8. The van der Waals surface area contributed by atoms with Gasteiger partial charge in [-0.15, -0.1) is 0 Å². The van der Waals surface area contributed by atoms with E-state index in [-0.39, 0.29) is 0 Å². The summed E-state index contributed by atoms with van der Waals surface area (Å²) >= 11 is 0. The van der Waals surface area contributed by atoms with E-state index in [9.17, 15) is 0 Å². The van der Waals surface area contributed by atoms with Crippen LogP contribution in [-0.2, 0) is 0 Å². The van der Waals surface area contributed by atoms with Crippen molar-refractivity contribution in [2.45, 2.75) is 0 Å². The maximum atomic E-state index is 5.22. The molecule has 0 saturated heterocycles. The van der Waals surface area contributed by atoms with E-state index >= 15 is 0 Å². The average Bonchev–Trinajstić information content (AvgIpc) is 1.59. The molecule has 112 heavy (non-hydrogen) atoms. The molecule has 0 atom stereocenters. The normalized spacial score (nSPS) is 11.6. The Morgan fingerprint density at radius 3 is 0.866 bits per heavy atom. The van der Waals surface area contributed by atoms with Crippen LogP contribution >= 0.6 is 0 Å². The van der Waals surface area contributed by atoms with Crippen LogP contribution in [0.5, 0.6) is 0 Å². The van der Waals surface area contributed by atoms with E-state index in [1.807, 2.05) is 60.9 Å². The summed E-state index contributed by atoms with van der Waals surface area (Å²) in [6.07, 6.45) is 4.04. The van der Waals surface area contributed by atoms with Gasteiger partial charge in [0.15, 0.2) is 5.82 Å². The minimum atomic E-state index is 0.673. The van der Waals surface area contributed by atoms with Gasteiger partial charge in [0.2, 0.25) is 0 Å². The zero-order valence-corrected chi connectivity index (χ0v) is 60.7. The monoisotopic (exact) mass is 1430 g/mol. The lowest BCUT2D eigenvalue weighted by atomic mass is 9.99. The molecule has 0 bridgehead atoms. The molecule has 8 heterocycles. The van der Waals surface area contributed by atoms with E-state index in [1.165, 1.54) is 49.0 Å². The molecule has 0 radical (unpaired) electrons. The Morgan fingerprint density at radius 2 is 0.455 bits per heavy atom. The fourth-order valence-corrected chi connectivity index (χ4v) is 16.5. The Balaban J connectivity index is 0.000000141. The smallest absolute Gasteiger partial charge is 0.160 e. The first-order chi connectivity index (χ1) is 55.5. The third kappa shape index (κ3) is 11.5. The van der Waals surface area contributed by atoms with Gasteiger partial charge in [0.25, 0.3) is 0 Å². The molecule has 0 spiro atoms. The van der Waals surface area contributed by atoms with Crippen LogP contribution in [0.3, 0.4) is 0 Å². The SMILES string of the molecule is c1ccc(-c2cc(-c3cccc(-n4c5ccccc5c5cc(-c6ccc7c(c6)c6ccccc6n7-c6ccccc6)cnc54)c3)cc(-c3ccccc3)n2)cc1.c1ccc(-c2cc(-c3ccccc3)nc(-c3cccc(-n4c5ccccc5c5cc(-c6ccc7c(c6)c6ccccc6n7-c6ccccc6)cnc54)c3)n2)cc1. The molecule has 0 aliphatic heterocycles. The van der Waals surface area contributed by atoms with Crippen molar-refractivity contribution in [2.24, 2.45) is 0 Å². The number of benzene rings is 14. The van der Waals surface area contributed by atoms with E-state index in [0.717, 1.165) is 145 Å². The van der Waals surface area contributed by atoms with Crippen LogP contribution in [-0.4, -0.2) is 43.2 Å². The molecule has 0 amide bonds. The highest BCUT2D eigenvalue weighted by atomic mass is 15.1. The second kappa shape index (κ2) is 27.5. The molecule has 0 unspecified atom stereocenters. The predicted octanol–water partition coefficient (Wildman–Crippen LogP) is 26.1. The Bertz CT molecular complexity index is 6790. The zero-order valence-electron chi connectivity index (χ0n) is 60.7. The van der Waals surface area contributed by atoms with Crippen LogP contribution in [0.15, 0.2) is 407 Å². The summed E-state index contributed by atoms with van der Waals surface area (Å²) < 4.78 is 9.26.